The van der Waals surface area contributed by atoms with Crippen LogP contribution in [0.3, 0.4) is 0 Å². The summed E-state index contributed by atoms with van der Waals surface area (Å²) in [6.45, 7) is 3.63. The Balaban J connectivity index is 2.25. The van der Waals surface area contributed by atoms with Gasteiger partial charge in [0.2, 0.25) is 0 Å². The van der Waals surface area contributed by atoms with E-state index in [1.165, 1.54) is 0 Å². The number of carbonyl (C=O) groups is 1. The van der Waals surface area contributed by atoms with Gasteiger partial charge in [-0.15, -0.1) is 0 Å². The van der Waals surface area contributed by atoms with E-state index in [0.29, 0.717) is 15.4 Å². The molecule has 0 saturated heterocycles. The first kappa shape index (κ1) is 13.1. The third kappa shape index (κ3) is 2.57. The Kier molecular flexibility index (Phi) is 3.73. The van der Waals surface area contributed by atoms with Crippen molar-refractivity contribution in [3.05, 3.63) is 45.0 Å². The molecule has 0 saturated carbocycles. The van der Waals surface area contributed by atoms with Gasteiger partial charge in [-0.2, -0.15) is 0 Å². The number of carbonyl (C=O) groups excluding carboxylic acids is 1. The minimum atomic E-state index is -0.342. The highest BCUT2D eigenvalue weighted by Gasteiger charge is 2.13. The van der Waals surface area contributed by atoms with Crippen LogP contribution in [0, 0.1) is 13.8 Å². The molecular weight excluding hydrogens is 320 g/mol. The fourth-order valence-corrected chi connectivity index (χ4v) is 1.91. The number of halogens is 2. The number of rotatable bonds is 2. The zero-order valence-corrected chi connectivity index (χ0v) is 12.1. The predicted octanol–water partition coefficient (Wildman–Crippen LogP) is 3.96. The fraction of sp³-hybridized carbons (Fsp3) is 0.167. The van der Waals surface area contributed by atoms with E-state index in [2.05, 4.69) is 26.2 Å². The van der Waals surface area contributed by atoms with Crippen molar-refractivity contribution in [2.24, 2.45) is 0 Å². The van der Waals surface area contributed by atoms with E-state index < -0.39 is 0 Å². The topological polar surface area (TPSA) is 55.1 Å². The maximum Gasteiger partial charge on any atom is 0.291 e. The maximum absolute atomic E-state index is 11.9. The average Bonchev–Trinajstić information content (AvgIpc) is 2.77. The van der Waals surface area contributed by atoms with Crippen molar-refractivity contribution in [3.8, 4) is 0 Å². The number of nitrogens with zero attached hydrogens (tertiary/aromatic N) is 1. The second kappa shape index (κ2) is 5.12. The smallest absolute Gasteiger partial charge is 0.291 e. The Hall–Kier alpha value is -1.33. The normalized spacial score (nSPS) is 10.4. The third-order valence-corrected chi connectivity index (χ3v) is 3.47. The van der Waals surface area contributed by atoms with Crippen LogP contribution in [0.5, 0.6) is 0 Å². The van der Waals surface area contributed by atoms with Gasteiger partial charge in [-0.3, -0.25) is 9.78 Å². The van der Waals surface area contributed by atoms with Crippen molar-refractivity contribution < 1.29 is 9.21 Å². The van der Waals surface area contributed by atoms with Gasteiger partial charge in [0, 0.05) is 0 Å². The fourth-order valence-electron chi connectivity index (χ4n) is 1.45. The van der Waals surface area contributed by atoms with Crippen molar-refractivity contribution in [1.82, 2.24) is 4.98 Å². The lowest BCUT2D eigenvalue weighted by atomic mass is 10.2. The average molecular weight is 330 g/mol. The van der Waals surface area contributed by atoms with E-state index in [4.69, 9.17) is 16.0 Å². The summed E-state index contributed by atoms with van der Waals surface area (Å²) in [7, 11) is 0. The number of pyridine rings is 1. The molecule has 2 aromatic rings. The Morgan fingerprint density at radius 3 is 2.78 bits per heavy atom. The van der Waals surface area contributed by atoms with Gasteiger partial charge in [0.05, 0.1) is 22.6 Å². The predicted molar refractivity (Wildman–Crippen MR) is 73.1 cm³/mol. The number of hydrogen-bond donors (Lipinski definition) is 1. The van der Waals surface area contributed by atoms with Crippen LogP contribution < -0.4 is 5.32 Å². The molecular formula is C12H10BrClN2O2. The summed E-state index contributed by atoms with van der Waals surface area (Å²) in [6, 6.07) is 3.24. The van der Waals surface area contributed by atoms with E-state index in [1.54, 1.807) is 18.3 Å². The molecule has 0 aliphatic carbocycles. The molecule has 94 valence electrons. The largest absolute Gasteiger partial charge is 0.444 e. The third-order valence-electron chi connectivity index (χ3n) is 2.48. The Labute approximate surface area is 117 Å². The first-order valence-corrected chi connectivity index (χ1v) is 6.34. The number of nitrogens with one attached hydrogen (secondary N) is 1. The van der Waals surface area contributed by atoms with Crippen LogP contribution in [0.4, 0.5) is 5.69 Å². The number of hydrogen-bond acceptors (Lipinski definition) is 3. The Morgan fingerprint density at radius 2 is 2.17 bits per heavy atom. The molecule has 2 heterocycles. The second-order valence-electron chi connectivity index (χ2n) is 3.75. The lowest BCUT2D eigenvalue weighted by Gasteiger charge is -2.09. The minimum Gasteiger partial charge on any atom is -0.444 e. The molecule has 0 aliphatic rings. The number of amides is 1. The number of aryl methyl sites for hydroxylation is 1. The summed E-state index contributed by atoms with van der Waals surface area (Å²) in [4.78, 5) is 16.0. The zero-order valence-electron chi connectivity index (χ0n) is 9.75. The van der Waals surface area contributed by atoms with Crippen molar-refractivity contribution in [2.75, 3.05) is 5.32 Å². The van der Waals surface area contributed by atoms with Crippen LogP contribution >= 0.6 is 27.5 Å². The van der Waals surface area contributed by atoms with Crippen LogP contribution in [-0.2, 0) is 0 Å². The van der Waals surface area contributed by atoms with E-state index >= 15 is 0 Å². The first-order chi connectivity index (χ1) is 8.49. The molecule has 1 amide bonds. The quantitative estimate of drug-likeness (QED) is 0.907. The molecule has 0 fully saturated rings. The van der Waals surface area contributed by atoms with Crippen LogP contribution in [0.2, 0.25) is 5.02 Å². The molecule has 0 spiro atoms. The van der Waals surface area contributed by atoms with Crippen molar-refractivity contribution in [3.63, 3.8) is 0 Å². The SMILES string of the molecule is Cc1ncc(NC(=O)c2ccc(Br)o2)c(C)c1Cl. The number of furan rings is 1. The summed E-state index contributed by atoms with van der Waals surface area (Å²) in [5, 5.41) is 3.26. The van der Waals surface area contributed by atoms with Gasteiger partial charge < -0.3 is 9.73 Å². The molecule has 0 aliphatic heterocycles. The van der Waals surface area contributed by atoms with Gasteiger partial charge in [0.25, 0.3) is 5.91 Å². The molecule has 2 rings (SSSR count). The summed E-state index contributed by atoms with van der Waals surface area (Å²) in [6.07, 6.45) is 1.58. The maximum atomic E-state index is 11.9. The van der Waals surface area contributed by atoms with Crippen molar-refractivity contribution in [2.45, 2.75) is 13.8 Å². The number of aromatic nitrogens is 1. The van der Waals surface area contributed by atoms with Crippen molar-refractivity contribution >= 4 is 39.1 Å². The molecule has 4 nitrogen and oxygen atoms in total. The minimum absolute atomic E-state index is 0.220. The summed E-state index contributed by atoms with van der Waals surface area (Å²) >= 11 is 9.21. The molecule has 2 aromatic heterocycles. The highest BCUT2D eigenvalue weighted by atomic mass is 79.9. The Morgan fingerprint density at radius 1 is 1.44 bits per heavy atom. The van der Waals surface area contributed by atoms with Gasteiger partial charge in [0.15, 0.2) is 10.4 Å². The van der Waals surface area contributed by atoms with Crippen LogP contribution in [0.25, 0.3) is 0 Å². The lowest BCUT2D eigenvalue weighted by Crippen LogP contribution is -2.12. The molecule has 18 heavy (non-hydrogen) atoms. The Bertz CT molecular complexity index is 610. The molecule has 0 aromatic carbocycles. The molecule has 6 heteroatoms. The highest BCUT2D eigenvalue weighted by Crippen LogP contribution is 2.25. The van der Waals surface area contributed by atoms with Gasteiger partial charge >= 0.3 is 0 Å². The van der Waals surface area contributed by atoms with Gasteiger partial charge in [-0.25, -0.2) is 0 Å². The van der Waals surface area contributed by atoms with Crippen LogP contribution in [0.1, 0.15) is 21.8 Å². The van der Waals surface area contributed by atoms with Gasteiger partial charge in [-0.05, 0) is 47.5 Å². The van der Waals surface area contributed by atoms with Gasteiger partial charge in [-0.1, -0.05) is 11.6 Å². The summed E-state index contributed by atoms with van der Waals surface area (Å²) in [5.74, 6) is -0.122. The van der Waals surface area contributed by atoms with Crippen LogP contribution in [-0.4, -0.2) is 10.9 Å². The molecule has 1 N–H and O–H groups in total. The summed E-state index contributed by atoms with van der Waals surface area (Å²) < 4.78 is 5.67. The highest BCUT2D eigenvalue weighted by molar-refractivity contribution is 9.10. The summed E-state index contributed by atoms with van der Waals surface area (Å²) in [5.41, 5.74) is 2.08. The van der Waals surface area contributed by atoms with E-state index in [-0.39, 0.29) is 11.7 Å². The van der Waals surface area contributed by atoms with Crippen molar-refractivity contribution in [1.29, 1.82) is 0 Å². The molecule has 0 atom stereocenters. The van der Waals surface area contributed by atoms with E-state index in [9.17, 15) is 4.79 Å². The molecule has 0 radical (unpaired) electrons. The molecule has 0 unspecified atom stereocenters. The van der Waals surface area contributed by atoms with Gasteiger partial charge in [0.1, 0.15) is 0 Å². The zero-order chi connectivity index (χ0) is 13.3. The number of anilines is 1. The van der Waals surface area contributed by atoms with Crippen LogP contribution in [0.15, 0.2) is 27.4 Å². The van der Waals surface area contributed by atoms with E-state index in [1.807, 2.05) is 13.8 Å². The van der Waals surface area contributed by atoms with E-state index in [0.717, 1.165) is 11.3 Å². The standard InChI is InChI=1S/C12H10BrClN2O2/c1-6-8(5-15-7(2)11(6)14)16-12(17)9-3-4-10(13)18-9/h3-5H,1-2H3,(H,16,17). The molecule has 0 bridgehead atoms. The monoisotopic (exact) mass is 328 g/mol. The lowest BCUT2D eigenvalue weighted by molar-refractivity contribution is 0.0995. The first-order valence-electron chi connectivity index (χ1n) is 5.17. The second-order valence-corrected chi connectivity index (χ2v) is 4.91.